The second-order valence-electron chi connectivity index (χ2n) is 6.90. The molecule has 1 heterocycles. The van der Waals surface area contributed by atoms with Crippen molar-refractivity contribution in [1.29, 1.82) is 0 Å². The Kier molecular flexibility index (Phi) is 4.38. The van der Waals surface area contributed by atoms with Gasteiger partial charge in [0.25, 0.3) is 5.89 Å². The summed E-state index contributed by atoms with van der Waals surface area (Å²) in [5.41, 5.74) is 10.6. The van der Waals surface area contributed by atoms with Gasteiger partial charge in [0.1, 0.15) is 5.75 Å². The van der Waals surface area contributed by atoms with E-state index in [-0.39, 0.29) is 12.1 Å². The maximum Gasteiger partial charge on any atom is 0.256 e. The van der Waals surface area contributed by atoms with Gasteiger partial charge >= 0.3 is 0 Å². The number of hydrogen-bond donors (Lipinski definition) is 1. The van der Waals surface area contributed by atoms with Gasteiger partial charge in [0.15, 0.2) is 0 Å². The quantitative estimate of drug-likeness (QED) is 0.683. The molecule has 6 heteroatoms. The molecule has 4 rings (SSSR count). The van der Waals surface area contributed by atoms with Gasteiger partial charge in [0, 0.05) is 17.2 Å². The minimum atomic E-state index is -0.00194. The zero-order chi connectivity index (χ0) is 19.0. The van der Waals surface area contributed by atoms with E-state index in [2.05, 4.69) is 21.1 Å². The van der Waals surface area contributed by atoms with E-state index < -0.39 is 0 Å². The highest BCUT2D eigenvalue weighted by molar-refractivity contribution is 5.70. The zero-order valence-corrected chi connectivity index (χ0v) is 15.3. The monoisotopic (exact) mass is 360 g/mol. The molecule has 1 atom stereocenters. The Bertz CT molecular complexity index is 1030. The molecule has 0 saturated carbocycles. The third-order valence-electron chi connectivity index (χ3n) is 4.67. The summed E-state index contributed by atoms with van der Waals surface area (Å²) in [6.45, 7) is 11.3. The Morgan fingerprint density at radius 1 is 1.30 bits per heavy atom. The molecule has 27 heavy (non-hydrogen) atoms. The van der Waals surface area contributed by atoms with Crippen LogP contribution in [0.15, 0.2) is 40.9 Å². The number of hydrogen-bond acceptors (Lipinski definition) is 5. The van der Waals surface area contributed by atoms with E-state index in [1.807, 2.05) is 32.0 Å². The van der Waals surface area contributed by atoms with E-state index in [0.717, 1.165) is 24.0 Å². The molecule has 0 unspecified atom stereocenters. The van der Waals surface area contributed by atoms with Gasteiger partial charge in [-0.15, -0.1) is 0 Å². The number of nitrogens with zero attached hydrogens (tertiary/aromatic N) is 3. The molecule has 0 aliphatic heterocycles. The fourth-order valence-corrected chi connectivity index (χ4v) is 3.44. The molecule has 6 nitrogen and oxygen atoms in total. The van der Waals surface area contributed by atoms with Crippen LogP contribution in [-0.4, -0.2) is 16.2 Å². The summed E-state index contributed by atoms with van der Waals surface area (Å²) in [4.78, 5) is 8.11. The van der Waals surface area contributed by atoms with Crippen LogP contribution in [0.25, 0.3) is 27.7 Å². The van der Waals surface area contributed by atoms with Gasteiger partial charge < -0.3 is 15.0 Å². The average molecular weight is 360 g/mol. The van der Waals surface area contributed by atoms with Crippen molar-refractivity contribution in [3.8, 4) is 28.6 Å². The zero-order valence-electron chi connectivity index (χ0n) is 15.3. The van der Waals surface area contributed by atoms with Gasteiger partial charge in [0.05, 0.1) is 12.7 Å². The van der Waals surface area contributed by atoms with E-state index in [1.54, 1.807) is 12.1 Å². The lowest BCUT2D eigenvalue weighted by atomic mass is 10.0. The van der Waals surface area contributed by atoms with Crippen molar-refractivity contribution >= 4 is 5.69 Å². The van der Waals surface area contributed by atoms with Crippen LogP contribution in [0.4, 0.5) is 5.69 Å². The van der Waals surface area contributed by atoms with Crippen molar-refractivity contribution in [3.63, 3.8) is 0 Å². The topological polar surface area (TPSA) is 78.5 Å². The molecule has 1 aliphatic rings. The first-order valence-corrected chi connectivity index (χ1v) is 8.97. The molecule has 0 fully saturated rings. The SMILES string of the molecule is [C-]#[N+]c1cc(-c2nc(-c3cccc4c3CC[C@@H]4N)no2)ccc1OC(C)C. The number of fused-ring (bicyclic) bond motifs is 1. The van der Waals surface area contributed by atoms with Crippen LogP contribution in [0.3, 0.4) is 0 Å². The molecule has 2 aromatic carbocycles. The first kappa shape index (κ1) is 17.3. The molecule has 0 saturated heterocycles. The Labute approximate surface area is 157 Å². The molecule has 1 aromatic heterocycles. The number of rotatable bonds is 4. The lowest BCUT2D eigenvalue weighted by Gasteiger charge is -2.11. The fraction of sp³-hybridized carbons (Fsp3) is 0.286. The summed E-state index contributed by atoms with van der Waals surface area (Å²) in [6.07, 6.45) is 1.85. The van der Waals surface area contributed by atoms with Gasteiger partial charge in [-0.3, -0.25) is 0 Å². The van der Waals surface area contributed by atoms with Crippen molar-refractivity contribution in [2.75, 3.05) is 0 Å². The minimum absolute atomic E-state index is 0.00194. The molecular formula is C21H20N4O2. The number of aromatic nitrogens is 2. The summed E-state index contributed by atoms with van der Waals surface area (Å²) in [7, 11) is 0. The third kappa shape index (κ3) is 3.18. The molecular weight excluding hydrogens is 340 g/mol. The van der Waals surface area contributed by atoms with E-state index in [0.29, 0.717) is 28.7 Å². The van der Waals surface area contributed by atoms with Gasteiger partial charge in [0.2, 0.25) is 11.5 Å². The highest BCUT2D eigenvalue weighted by Crippen LogP contribution is 2.37. The Morgan fingerprint density at radius 3 is 2.93 bits per heavy atom. The second kappa shape index (κ2) is 6.86. The first-order chi connectivity index (χ1) is 13.1. The van der Waals surface area contributed by atoms with Crippen molar-refractivity contribution in [2.45, 2.75) is 38.8 Å². The van der Waals surface area contributed by atoms with Crippen LogP contribution in [0.2, 0.25) is 0 Å². The molecule has 3 aromatic rings. The summed E-state index contributed by atoms with van der Waals surface area (Å²) < 4.78 is 11.1. The molecule has 0 amide bonds. The van der Waals surface area contributed by atoms with E-state index in [4.69, 9.17) is 21.6 Å². The summed E-state index contributed by atoms with van der Waals surface area (Å²) >= 11 is 0. The molecule has 136 valence electrons. The highest BCUT2D eigenvalue weighted by Gasteiger charge is 2.24. The fourth-order valence-electron chi connectivity index (χ4n) is 3.44. The van der Waals surface area contributed by atoms with Crippen LogP contribution in [0, 0.1) is 6.57 Å². The molecule has 0 radical (unpaired) electrons. The normalized spacial score (nSPS) is 15.6. The standard InChI is InChI=1S/C21H20N4O2/c1-12(2)26-19-10-7-13(11-18(19)23-3)21-24-20(25-27-21)16-6-4-5-15-14(16)8-9-17(15)22/h4-7,10-12,17H,8-9,22H2,1-2H3/t17-/m0/s1. The number of ether oxygens (including phenoxy) is 1. The molecule has 1 aliphatic carbocycles. The van der Waals surface area contributed by atoms with Crippen LogP contribution >= 0.6 is 0 Å². The molecule has 0 bridgehead atoms. The van der Waals surface area contributed by atoms with Gasteiger partial charge in [-0.1, -0.05) is 23.4 Å². The largest absolute Gasteiger partial charge is 0.502 e. The first-order valence-electron chi connectivity index (χ1n) is 8.97. The van der Waals surface area contributed by atoms with E-state index >= 15 is 0 Å². The van der Waals surface area contributed by atoms with Gasteiger partial charge in [-0.2, -0.15) is 4.98 Å². The van der Waals surface area contributed by atoms with Crippen molar-refractivity contribution in [2.24, 2.45) is 5.73 Å². The smallest absolute Gasteiger partial charge is 0.256 e. The van der Waals surface area contributed by atoms with Crippen molar-refractivity contribution in [1.82, 2.24) is 10.1 Å². The molecule has 0 spiro atoms. The second-order valence-corrected chi connectivity index (χ2v) is 6.90. The van der Waals surface area contributed by atoms with Crippen molar-refractivity contribution < 1.29 is 9.26 Å². The Morgan fingerprint density at radius 2 is 2.15 bits per heavy atom. The lowest BCUT2D eigenvalue weighted by molar-refractivity contribution is 0.244. The maximum absolute atomic E-state index is 7.40. The molecule has 2 N–H and O–H groups in total. The lowest BCUT2D eigenvalue weighted by Crippen LogP contribution is -2.05. The predicted molar refractivity (Wildman–Crippen MR) is 102 cm³/mol. The number of nitrogens with two attached hydrogens (primary N) is 1. The number of benzene rings is 2. The Balaban J connectivity index is 1.69. The summed E-state index contributed by atoms with van der Waals surface area (Å²) in [6, 6.07) is 11.4. The van der Waals surface area contributed by atoms with Crippen LogP contribution in [0.5, 0.6) is 5.75 Å². The predicted octanol–water partition coefficient (Wildman–Crippen LogP) is 4.69. The van der Waals surface area contributed by atoms with Gasteiger partial charge in [-0.05, 0) is 56.0 Å². The van der Waals surface area contributed by atoms with Crippen LogP contribution < -0.4 is 10.5 Å². The summed E-state index contributed by atoms with van der Waals surface area (Å²) in [5, 5.41) is 4.16. The third-order valence-corrected chi connectivity index (χ3v) is 4.67. The minimum Gasteiger partial charge on any atom is -0.502 e. The van der Waals surface area contributed by atoms with Crippen LogP contribution in [-0.2, 0) is 6.42 Å². The average Bonchev–Trinajstić information content (AvgIpc) is 3.29. The maximum atomic E-state index is 7.40. The van der Waals surface area contributed by atoms with E-state index in [1.165, 1.54) is 5.56 Å². The Hall–Kier alpha value is -3.17. The van der Waals surface area contributed by atoms with Crippen LogP contribution in [0.1, 0.15) is 37.4 Å². The van der Waals surface area contributed by atoms with Gasteiger partial charge in [-0.25, -0.2) is 4.85 Å². The van der Waals surface area contributed by atoms with Crippen molar-refractivity contribution in [3.05, 3.63) is 58.9 Å². The highest BCUT2D eigenvalue weighted by atomic mass is 16.5. The summed E-state index contributed by atoms with van der Waals surface area (Å²) in [5.74, 6) is 1.48. The van der Waals surface area contributed by atoms with E-state index in [9.17, 15) is 0 Å².